The number of benzene rings is 1. The van der Waals surface area contributed by atoms with Gasteiger partial charge >= 0.3 is 0 Å². The Kier molecular flexibility index (Phi) is 3.17. The van der Waals surface area contributed by atoms with Gasteiger partial charge in [-0.1, -0.05) is 15.9 Å². The maximum absolute atomic E-state index is 10.5. The summed E-state index contributed by atoms with van der Waals surface area (Å²) < 4.78 is 0.162. The topological polar surface area (TPSA) is 86.3 Å². The molecule has 14 heavy (non-hydrogen) atoms. The first-order chi connectivity index (χ1) is 6.43. The highest BCUT2D eigenvalue weighted by Crippen LogP contribution is 2.36. The Morgan fingerprint density at radius 2 is 1.36 bits per heavy atom. The van der Waals surface area contributed by atoms with Crippen molar-refractivity contribution in [2.75, 3.05) is 0 Å². The van der Waals surface area contributed by atoms with E-state index in [4.69, 9.17) is 0 Å². The van der Waals surface area contributed by atoms with Crippen LogP contribution in [-0.2, 0) is 0 Å². The molecule has 1 aromatic carbocycles. The zero-order valence-electron chi connectivity index (χ0n) is 6.44. The van der Waals surface area contributed by atoms with Crippen LogP contribution in [0.5, 0.6) is 0 Å². The van der Waals surface area contributed by atoms with E-state index in [1.807, 2.05) is 0 Å². The van der Waals surface area contributed by atoms with E-state index in [-0.39, 0.29) is 15.8 Å². The maximum Gasteiger partial charge on any atom is 0.291 e. The largest absolute Gasteiger partial charge is 0.291 e. The van der Waals surface area contributed by atoms with Gasteiger partial charge in [0.1, 0.15) is 0 Å². The molecule has 0 fully saturated rings. The molecule has 0 aliphatic rings. The lowest BCUT2D eigenvalue weighted by Crippen LogP contribution is -1.95. The number of nitro groups is 2. The molecule has 0 aromatic heterocycles. The van der Waals surface area contributed by atoms with E-state index in [1.54, 1.807) is 0 Å². The smallest absolute Gasteiger partial charge is 0.258 e. The summed E-state index contributed by atoms with van der Waals surface area (Å²) in [4.78, 5) is 19.6. The predicted molar refractivity (Wildman–Crippen MR) is 55.2 cm³/mol. The van der Waals surface area contributed by atoms with Crippen molar-refractivity contribution in [1.29, 1.82) is 0 Å². The van der Waals surface area contributed by atoms with Crippen molar-refractivity contribution in [2.45, 2.75) is 0 Å². The molecule has 8 heteroatoms. The van der Waals surface area contributed by atoms with Crippen LogP contribution in [0.25, 0.3) is 0 Å². The lowest BCUT2D eigenvalue weighted by molar-refractivity contribution is -0.395. The molecule has 0 radical (unpaired) electrons. The highest BCUT2D eigenvalue weighted by Gasteiger charge is 2.23. The Labute approximate surface area is 94.5 Å². The Morgan fingerprint density at radius 3 is 1.64 bits per heavy atom. The number of hydrogen-bond donors (Lipinski definition) is 0. The van der Waals surface area contributed by atoms with Gasteiger partial charge in [0.25, 0.3) is 11.4 Å². The Balaban J connectivity index is 3.47. The van der Waals surface area contributed by atoms with E-state index in [0.717, 1.165) is 0 Å². The molecule has 0 atom stereocenters. The number of nitrogens with zero attached hydrogens (tertiary/aromatic N) is 2. The molecule has 0 N–H and O–H groups in total. The molecule has 6 nitrogen and oxygen atoms in total. The quantitative estimate of drug-likeness (QED) is 0.617. The lowest BCUT2D eigenvalue weighted by atomic mass is 10.3. The van der Waals surface area contributed by atoms with Crippen LogP contribution in [0, 0.1) is 20.2 Å². The Morgan fingerprint density at radius 1 is 1.00 bits per heavy atom. The van der Waals surface area contributed by atoms with Crippen molar-refractivity contribution < 1.29 is 9.85 Å². The lowest BCUT2D eigenvalue weighted by Gasteiger charge is -1.98. The normalized spacial score (nSPS) is 9.86. The molecule has 0 saturated carbocycles. The fraction of sp³-hybridized carbons (Fsp3) is 0. The first kappa shape index (κ1) is 11.1. The van der Waals surface area contributed by atoms with Gasteiger partial charge in [0, 0.05) is 16.6 Å². The molecule has 0 spiro atoms. The van der Waals surface area contributed by atoms with E-state index in [0.29, 0.717) is 4.47 Å². The molecule has 0 aliphatic heterocycles. The number of nitro benzene ring substituents is 2. The van der Waals surface area contributed by atoms with Gasteiger partial charge < -0.3 is 0 Å². The zero-order chi connectivity index (χ0) is 10.9. The van der Waals surface area contributed by atoms with Crippen molar-refractivity contribution in [1.82, 2.24) is 0 Å². The Hall–Kier alpha value is -1.02. The molecule has 1 rings (SSSR count). The van der Waals surface area contributed by atoms with E-state index in [2.05, 4.69) is 31.9 Å². The minimum absolute atomic E-state index is 0.129. The SMILES string of the molecule is O=[N+]([O-])c1cc(Br)cc([N+](=O)[O-])c1Br. The van der Waals surface area contributed by atoms with Crippen LogP contribution in [0.3, 0.4) is 0 Å². The van der Waals surface area contributed by atoms with Crippen LogP contribution in [0.2, 0.25) is 0 Å². The van der Waals surface area contributed by atoms with E-state index in [1.165, 1.54) is 12.1 Å². The summed E-state index contributed by atoms with van der Waals surface area (Å²) in [5.41, 5.74) is -0.683. The van der Waals surface area contributed by atoms with E-state index < -0.39 is 9.85 Å². The minimum atomic E-state index is -0.693. The fourth-order valence-electron chi connectivity index (χ4n) is 0.827. The van der Waals surface area contributed by atoms with Gasteiger partial charge in [-0.25, -0.2) is 0 Å². The first-order valence-corrected chi connectivity index (χ1v) is 4.80. The fourth-order valence-corrected chi connectivity index (χ4v) is 1.78. The second kappa shape index (κ2) is 4.01. The average Bonchev–Trinajstić information content (AvgIpc) is 2.07. The zero-order valence-corrected chi connectivity index (χ0v) is 9.61. The van der Waals surface area contributed by atoms with Gasteiger partial charge in [0.15, 0.2) is 4.47 Å². The van der Waals surface area contributed by atoms with Gasteiger partial charge in [-0.3, -0.25) is 20.2 Å². The molecule has 0 unspecified atom stereocenters. The molecule has 0 aliphatic carbocycles. The van der Waals surface area contributed by atoms with Crippen LogP contribution >= 0.6 is 31.9 Å². The van der Waals surface area contributed by atoms with Crippen molar-refractivity contribution in [3.8, 4) is 0 Å². The summed E-state index contributed by atoms with van der Waals surface area (Å²) in [6.45, 7) is 0. The van der Waals surface area contributed by atoms with Crippen LogP contribution in [0.15, 0.2) is 21.1 Å². The monoisotopic (exact) mass is 324 g/mol. The number of rotatable bonds is 2. The van der Waals surface area contributed by atoms with Crippen molar-refractivity contribution in [3.63, 3.8) is 0 Å². The third-order valence-electron chi connectivity index (χ3n) is 1.39. The highest BCUT2D eigenvalue weighted by atomic mass is 79.9. The van der Waals surface area contributed by atoms with Crippen molar-refractivity contribution >= 4 is 43.2 Å². The van der Waals surface area contributed by atoms with Gasteiger partial charge in [-0.05, 0) is 15.9 Å². The van der Waals surface area contributed by atoms with E-state index >= 15 is 0 Å². The average molecular weight is 326 g/mol. The van der Waals surface area contributed by atoms with Gasteiger partial charge in [0.05, 0.1) is 9.85 Å². The van der Waals surface area contributed by atoms with Gasteiger partial charge in [-0.15, -0.1) is 0 Å². The summed E-state index contributed by atoms with van der Waals surface area (Å²) in [6.07, 6.45) is 0. The molecule has 0 heterocycles. The summed E-state index contributed by atoms with van der Waals surface area (Å²) in [5.74, 6) is 0. The van der Waals surface area contributed by atoms with Crippen LogP contribution in [0.1, 0.15) is 0 Å². The first-order valence-electron chi connectivity index (χ1n) is 3.21. The second-order valence-electron chi connectivity index (χ2n) is 2.27. The summed E-state index contributed by atoms with van der Waals surface area (Å²) in [7, 11) is 0. The Bertz CT molecular complexity index is 385. The number of halogens is 2. The molecular weight excluding hydrogens is 324 g/mol. The summed E-state index contributed by atoms with van der Waals surface area (Å²) in [6, 6.07) is 2.38. The minimum Gasteiger partial charge on any atom is -0.258 e. The van der Waals surface area contributed by atoms with Crippen LogP contribution in [0.4, 0.5) is 11.4 Å². The van der Waals surface area contributed by atoms with Crippen LogP contribution in [-0.4, -0.2) is 9.85 Å². The molecular formula is C6H2Br2N2O4. The van der Waals surface area contributed by atoms with E-state index in [9.17, 15) is 20.2 Å². The summed E-state index contributed by atoms with van der Waals surface area (Å²) in [5, 5.41) is 21.0. The van der Waals surface area contributed by atoms with Crippen LogP contribution < -0.4 is 0 Å². The molecule has 0 bridgehead atoms. The second-order valence-corrected chi connectivity index (χ2v) is 3.98. The molecule has 1 aromatic rings. The molecule has 0 saturated heterocycles. The third kappa shape index (κ3) is 2.07. The summed E-state index contributed by atoms with van der Waals surface area (Å²) >= 11 is 5.77. The van der Waals surface area contributed by atoms with Crippen molar-refractivity contribution in [3.05, 3.63) is 41.3 Å². The highest BCUT2D eigenvalue weighted by molar-refractivity contribution is 9.11. The number of hydrogen-bond acceptors (Lipinski definition) is 4. The third-order valence-corrected chi connectivity index (χ3v) is 2.66. The van der Waals surface area contributed by atoms with Crippen molar-refractivity contribution in [2.24, 2.45) is 0 Å². The molecule has 0 amide bonds. The maximum atomic E-state index is 10.5. The van der Waals surface area contributed by atoms with Gasteiger partial charge in [-0.2, -0.15) is 0 Å². The molecule has 74 valence electrons. The van der Waals surface area contributed by atoms with Gasteiger partial charge in [0.2, 0.25) is 0 Å². The predicted octanol–water partition coefficient (Wildman–Crippen LogP) is 3.03. The standard InChI is InChI=1S/C6H2Br2N2O4/c7-3-1-4(9(11)12)6(8)5(2-3)10(13)14/h1-2H.